The first-order valence-corrected chi connectivity index (χ1v) is 7.33. The van der Waals surface area contributed by atoms with Gasteiger partial charge in [-0.1, -0.05) is 0 Å². The van der Waals surface area contributed by atoms with Crippen LogP contribution in [0.3, 0.4) is 0 Å². The summed E-state index contributed by atoms with van der Waals surface area (Å²) < 4.78 is 0. The highest BCUT2D eigenvalue weighted by molar-refractivity contribution is 5.97. The van der Waals surface area contributed by atoms with E-state index in [-0.39, 0.29) is 11.9 Å². The summed E-state index contributed by atoms with van der Waals surface area (Å²) in [7, 11) is 0. The smallest absolute Gasteiger partial charge is 0.254 e. The Hall–Kier alpha value is -2.76. The van der Waals surface area contributed by atoms with Crippen LogP contribution in [0.2, 0.25) is 0 Å². The van der Waals surface area contributed by atoms with Gasteiger partial charge in [0, 0.05) is 24.5 Å². The van der Waals surface area contributed by atoms with Gasteiger partial charge < -0.3 is 9.88 Å². The van der Waals surface area contributed by atoms with Crippen molar-refractivity contribution < 1.29 is 4.79 Å². The Kier molecular flexibility index (Phi) is 3.07. The monoisotopic (exact) mass is 293 g/mol. The summed E-state index contributed by atoms with van der Waals surface area (Å²) in [6, 6.07) is 5.57. The molecule has 110 valence electrons. The van der Waals surface area contributed by atoms with Crippen molar-refractivity contribution in [3.63, 3.8) is 0 Å². The molecule has 1 amide bonds. The zero-order valence-corrected chi connectivity index (χ0v) is 11.9. The number of imidazole rings is 1. The summed E-state index contributed by atoms with van der Waals surface area (Å²) in [6.45, 7) is 0.751. The fraction of sp³-hybridized carbons (Fsp3) is 0.250. The van der Waals surface area contributed by atoms with Crippen LogP contribution < -0.4 is 0 Å². The van der Waals surface area contributed by atoms with E-state index in [9.17, 15) is 4.79 Å². The molecule has 2 aromatic heterocycles. The molecule has 0 radical (unpaired) electrons. The topological polar surface area (TPSA) is 74.8 Å². The number of nitrogens with zero attached hydrogens (tertiary/aromatic N) is 4. The summed E-state index contributed by atoms with van der Waals surface area (Å²) in [4.78, 5) is 30.4. The third-order valence-corrected chi connectivity index (χ3v) is 4.11. The highest BCUT2D eigenvalue weighted by Gasteiger charge is 2.31. The molecule has 0 unspecified atom stereocenters. The van der Waals surface area contributed by atoms with Gasteiger partial charge in [0.05, 0.1) is 35.3 Å². The van der Waals surface area contributed by atoms with Crippen molar-refractivity contribution >= 4 is 16.9 Å². The molecule has 3 aromatic rings. The summed E-state index contributed by atoms with van der Waals surface area (Å²) >= 11 is 0. The van der Waals surface area contributed by atoms with E-state index in [1.54, 1.807) is 24.9 Å². The van der Waals surface area contributed by atoms with Crippen molar-refractivity contribution in [1.29, 1.82) is 0 Å². The molecule has 0 spiro atoms. The molecule has 1 N–H and O–H groups in total. The van der Waals surface area contributed by atoms with Crippen LogP contribution in [0.15, 0.2) is 43.1 Å². The molecular weight excluding hydrogens is 278 g/mol. The summed E-state index contributed by atoms with van der Waals surface area (Å²) in [6.07, 6.45) is 8.62. The van der Waals surface area contributed by atoms with E-state index < -0.39 is 0 Å². The van der Waals surface area contributed by atoms with E-state index in [4.69, 9.17) is 0 Å². The normalized spacial score (nSPS) is 18.0. The van der Waals surface area contributed by atoms with Crippen LogP contribution >= 0.6 is 0 Å². The Morgan fingerprint density at radius 1 is 1.27 bits per heavy atom. The zero-order chi connectivity index (χ0) is 14.9. The number of hydrogen-bond acceptors (Lipinski definition) is 4. The molecule has 6 nitrogen and oxygen atoms in total. The summed E-state index contributed by atoms with van der Waals surface area (Å²) in [5.74, 6) is 0.0321. The van der Waals surface area contributed by atoms with E-state index in [2.05, 4.69) is 19.9 Å². The summed E-state index contributed by atoms with van der Waals surface area (Å²) in [5.41, 5.74) is 3.27. The van der Waals surface area contributed by atoms with Crippen LogP contribution in [0.4, 0.5) is 0 Å². The maximum atomic E-state index is 12.8. The minimum absolute atomic E-state index is 0.0127. The molecule has 1 aliphatic rings. The second kappa shape index (κ2) is 5.22. The molecule has 1 aromatic carbocycles. The highest BCUT2D eigenvalue weighted by Crippen LogP contribution is 2.31. The number of likely N-dealkylation sites (tertiary alicyclic amines) is 1. The number of H-pyrrole nitrogens is 1. The SMILES string of the molecule is O=C(c1ccc2nc[nH]c2c1)N1CCC[C@@H]1c1cnccn1. The first kappa shape index (κ1) is 12.9. The average molecular weight is 293 g/mol. The molecule has 0 bridgehead atoms. The van der Waals surface area contributed by atoms with E-state index in [0.717, 1.165) is 36.1 Å². The van der Waals surface area contributed by atoms with Gasteiger partial charge in [-0.2, -0.15) is 0 Å². The molecular formula is C16H15N5O. The fourth-order valence-corrected chi connectivity index (χ4v) is 3.03. The molecule has 6 heteroatoms. The first-order valence-electron chi connectivity index (χ1n) is 7.33. The predicted octanol–water partition coefficient (Wildman–Crippen LogP) is 2.33. The number of carbonyl (C=O) groups is 1. The molecule has 3 heterocycles. The number of fused-ring (bicyclic) bond motifs is 1. The molecule has 1 saturated heterocycles. The van der Waals surface area contributed by atoms with E-state index in [1.807, 2.05) is 23.1 Å². The number of carbonyl (C=O) groups excluding carboxylic acids is 1. The van der Waals surface area contributed by atoms with Crippen LogP contribution in [0.25, 0.3) is 11.0 Å². The number of amides is 1. The minimum atomic E-state index is 0.0127. The molecule has 22 heavy (non-hydrogen) atoms. The van der Waals surface area contributed by atoms with Gasteiger partial charge in [-0.15, -0.1) is 0 Å². The van der Waals surface area contributed by atoms with E-state index >= 15 is 0 Å². The maximum absolute atomic E-state index is 12.8. The number of hydrogen-bond donors (Lipinski definition) is 1. The molecule has 1 aliphatic heterocycles. The second-order valence-electron chi connectivity index (χ2n) is 5.42. The number of aromatic amines is 1. The van der Waals surface area contributed by atoms with Gasteiger partial charge in [0.25, 0.3) is 5.91 Å². The van der Waals surface area contributed by atoms with Crippen molar-refractivity contribution in [2.24, 2.45) is 0 Å². The van der Waals surface area contributed by atoms with Crippen molar-refractivity contribution in [1.82, 2.24) is 24.8 Å². The lowest BCUT2D eigenvalue weighted by Gasteiger charge is -2.24. The Morgan fingerprint density at radius 3 is 3.09 bits per heavy atom. The second-order valence-corrected chi connectivity index (χ2v) is 5.42. The van der Waals surface area contributed by atoms with Crippen LogP contribution in [-0.4, -0.2) is 37.3 Å². The van der Waals surface area contributed by atoms with Gasteiger partial charge >= 0.3 is 0 Å². The minimum Gasteiger partial charge on any atom is -0.345 e. The Morgan fingerprint density at radius 2 is 2.23 bits per heavy atom. The molecule has 4 rings (SSSR count). The standard InChI is InChI=1S/C16H15N5O/c22-16(11-3-4-12-13(8-11)20-10-19-12)21-7-1-2-15(21)14-9-17-5-6-18-14/h3-6,8-10,15H,1-2,7H2,(H,19,20)/t15-/m1/s1. The van der Waals surface area contributed by atoms with Gasteiger partial charge in [-0.3, -0.25) is 14.8 Å². The van der Waals surface area contributed by atoms with Gasteiger partial charge in [0.1, 0.15) is 0 Å². The van der Waals surface area contributed by atoms with E-state index in [1.165, 1.54) is 0 Å². The Bertz CT molecular complexity index is 814. The van der Waals surface area contributed by atoms with E-state index in [0.29, 0.717) is 5.56 Å². The van der Waals surface area contributed by atoms with Crippen molar-refractivity contribution in [2.75, 3.05) is 6.54 Å². The third kappa shape index (κ3) is 2.13. The maximum Gasteiger partial charge on any atom is 0.254 e. The van der Waals surface area contributed by atoms with Gasteiger partial charge in [-0.25, -0.2) is 4.98 Å². The average Bonchev–Trinajstić information content (AvgIpc) is 3.23. The number of aromatic nitrogens is 4. The van der Waals surface area contributed by atoms with Crippen molar-refractivity contribution in [2.45, 2.75) is 18.9 Å². The number of benzene rings is 1. The largest absolute Gasteiger partial charge is 0.345 e. The third-order valence-electron chi connectivity index (χ3n) is 4.11. The molecule has 1 atom stereocenters. The molecule has 1 fully saturated rings. The lowest BCUT2D eigenvalue weighted by Crippen LogP contribution is -2.31. The van der Waals surface area contributed by atoms with Gasteiger partial charge in [0.2, 0.25) is 0 Å². The van der Waals surface area contributed by atoms with Crippen LogP contribution in [0.1, 0.15) is 34.9 Å². The Balaban J connectivity index is 1.66. The zero-order valence-electron chi connectivity index (χ0n) is 11.9. The highest BCUT2D eigenvalue weighted by atomic mass is 16.2. The molecule has 0 aliphatic carbocycles. The predicted molar refractivity (Wildman–Crippen MR) is 81.1 cm³/mol. The number of nitrogens with one attached hydrogen (secondary N) is 1. The van der Waals surface area contributed by atoms with Crippen LogP contribution in [0, 0.1) is 0 Å². The Labute approximate surface area is 127 Å². The lowest BCUT2D eigenvalue weighted by atomic mass is 10.1. The van der Waals surface area contributed by atoms with Gasteiger partial charge in [0.15, 0.2) is 0 Å². The molecule has 0 saturated carbocycles. The summed E-state index contributed by atoms with van der Waals surface area (Å²) in [5, 5.41) is 0. The fourth-order valence-electron chi connectivity index (χ4n) is 3.03. The van der Waals surface area contributed by atoms with Crippen molar-refractivity contribution in [3.8, 4) is 0 Å². The number of rotatable bonds is 2. The van der Waals surface area contributed by atoms with Crippen molar-refractivity contribution in [3.05, 3.63) is 54.4 Å². The quantitative estimate of drug-likeness (QED) is 0.787. The van der Waals surface area contributed by atoms with Gasteiger partial charge in [-0.05, 0) is 31.0 Å². The lowest BCUT2D eigenvalue weighted by molar-refractivity contribution is 0.0733. The van der Waals surface area contributed by atoms with Crippen LogP contribution in [0.5, 0.6) is 0 Å². The first-order chi connectivity index (χ1) is 10.8. The van der Waals surface area contributed by atoms with Crippen LogP contribution in [-0.2, 0) is 0 Å².